The van der Waals surface area contributed by atoms with Gasteiger partial charge in [-0.2, -0.15) is 0 Å². The molecule has 106 valence electrons. The molecule has 0 spiro atoms. The highest BCUT2D eigenvalue weighted by atomic mass is 16.2. The van der Waals surface area contributed by atoms with Gasteiger partial charge in [-0.3, -0.25) is 9.59 Å². The van der Waals surface area contributed by atoms with Crippen molar-refractivity contribution < 1.29 is 9.59 Å². The van der Waals surface area contributed by atoms with E-state index in [0.29, 0.717) is 30.5 Å². The van der Waals surface area contributed by atoms with Crippen LogP contribution in [-0.4, -0.2) is 30.7 Å². The molecule has 0 heterocycles. The molecule has 1 aromatic carbocycles. The van der Waals surface area contributed by atoms with Crippen LogP contribution in [0.25, 0.3) is 0 Å². The maximum absolute atomic E-state index is 12.4. The van der Waals surface area contributed by atoms with E-state index in [4.69, 9.17) is 0 Å². The first-order valence-corrected chi connectivity index (χ1v) is 7.31. The minimum absolute atomic E-state index is 0.0332. The summed E-state index contributed by atoms with van der Waals surface area (Å²) in [7, 11) is 3.55. The second-order valence-electron chi connectivity index (χ2n) is 6.43. The van der Waals surface area contributed by atoms with Gasteiger partial charge < -0.3 is 4.90 Å². The van der Waals surface area contributed by atoms with Crippen LogP contribution in [0.3, 0.4) is 0 Å². The molecule has 0 bridgehead atoms. The van der Waals surface area contributed by atoms with E-state index in [9.17, 15) is 9.59 Å². The van der Waals surface area contributed by atoms with Crippen LogP contribution in [0.5, 0.6) is 0 Å². The molecule has 3 unspecified atom stereocenters. The van der Waals surface area contributed by atoms with Crippen molar-refractivity contribution in [2.24, 2.45) is 11.8 Å². The minimum Gasteiger partial charge on any atom is -0.345 e. The van der Waals surface area contributed by atoms with Crippen molar-refractivity contribution in [3.63, 3.8) is 0 Å². The Morgan fingerprint density at radius 1 is 1.30 bits per heavy atom. The molecule has 2 aliphatic carbocycles. The Kier molecular flexibility index (Phi) is 2.96. The molecular formula is C17H21NO2. The lowest BCUT2D eigenvalue weighted by atomic mass is 9.79. The maximum Gasteiger partial charge on any atom is 0.253 e. The second-order valence-corrected chi connectivity index (χ2v) is 6.43. The molecule has 3 heteroatoms. The van der Waals surface area contributed by atoms with Gasteiger partial charge in [0.25, 0.3) is 5.91 Å². The van der Waals surface area contributed by atoms with Crippen molar-refractivity contribution in [2.45, 2.75) is 31.6 Å². The van der Waals surface area contributed by atoms with Crippen molar-refractivity contribution >= 4 is 11.7 Å². The Bertz CT molecular complexity index is 578. The van der Waals surface area contributed by atoms with Gasteiger partial charge in [-0.1, -0.05) is 25.1 Å². The van der Waals surface area contributed by atoms with E-state index in [2.05, 4.69) is 6.92 Å². The normalized spacial score (nSPS) is 31.6. The van der Waals surface area contributed by atoms with Crippen molar-refractivity contribution in [1.82, 2.24) is 4.90 Å². The lowest BCUT2D eigenvalue weighted by molar-refractivity contribution is -0.120. The summed E-state index contributed by atoms with van der Waals surface area (Å²) in [5, 5.41) is 0. The summed E-state index contributed by atoms with van der Waals surface area (Å²) < 4.78 is 0. The minimum atomic E-state index is -0.0718. The highest BCUT2D eigenvalue weighted by Gasteiger charge is 2.65. The van der Waals surface area contributed by atoms with Crippen LogP contribution in [0.1, 0.15) is 42.1 Å². The molecular weight excluding hydrogens is 250 g/mol. The number of rotatable bonds is 2. The first kappa shape index (κ1) is 13.3. The summed E-state index contributed by atoms with van der Waals surface area (Å²) in [5.41, 5.74) is 1.78. The summed E-state index contributed by atoms with van der Waals surface area (Å²) >= 11 is 0. The third-order valence-corrected chi connectivity index (χ3v) is 5.26. The number of hydrogen-bond donors (Lipinski definition) is 0. The number of nitrogens with zero attached hydrogens (tertiary/aromatic N) is 1. The van der Waals surface area contributed by atoms with Gasteiger partial charge in [-0.25, -0.2) is 0 Å². The predicted octanol–water partition coefficient (Wildman–Crippen LogP) is 2.65. The molecule has 0 radical (unpaired) electrons. The average Bonchev–Trinajstić information content (AvgIpc) is 3.03. The fraction of sp³-hybridized carbons (Fsp3) is 0.529. The second kappa shape index (κ2) is 4.44. The molecule has 1 amide bonds. The van der Waals surface area contributed by atoms with E-state index in [1.807, 2.05) is 24.3 Å². The molecule has 0 aliphatic heterocycles. The molecule has 0 saturated heterocycles. The predicted molar refractivity (Wildman–Crippen MR) is 77.6 cm³/mol. The van der Waals surface area contributed by atoms with Gasteiger partial charge in [-0.15, -0.1) is 0 Å². The van der Waals surface area contributed by atoms with Crippen LogP contribution in [0.2, 0.25) is 0 Å². The van der Waals surface area contributed by atoms with Crippen LogP contribution in [0, 0.1) is 11.8 Å². The smallest absolute Gasteiger partial charge is 0.253 e. The summed E-state index contributed by atoms with van der Waals surface area (Å²) in [6.45, 7) is 2.22. The van der Waals surface area contributed by atoms with Crippen molar-refractivity contribution in [2.75, 3.05) is 14.1 Å². The third kappa shape index (κ3) is 1.72. The van der Waals surface area contributed by atoms with E-state index in [1.165, 1.54) is 0 Å². The first-order valence-electron chi connectivity index (χ1n) is 7.31. The number of Topliss-reactive ketones (excluding diaryl/α,β-unsaturated/α-hetero) is 1. The van der Waals surface area contributed by atoms with Crippen LogP contribution >= 0.6 is 0 Å². The van der Waals surface area contributed by atoms with Gasteiger partial charge in [-0.05, 0) is 29.9 Å². The Hall–Kier alpha value is -1.64. The molecule has 3 rings (SSSR count). The fourth-order valence-electron chi connectivity index (χ4n) is 4.11. The summed E-state index contributed by atoms with van der Waals surface area (Å²) in [6, 6.07) is 7.83. The third-order valence-electron chi connectivity index (χ3n) is 5.26. The Balaban J connectivity index is 2.07. The van der Waals surface area contributed by atoms with Crippen molar-refractivity contribution in [1.29, 1.82) is 0 Å². The molecule has 3 nitrogen and oxygen atoms in total. The fourth-order valence-corrected chi connectivity index (χ4v) is 4.11. The molecule has 2 aliphatic rings. The van der Waals surface area contributed by atoms with Crippen molar-refractivity contribution in [3.05, 3.63) is 35.4 Å². The number of hydrogen-bond acceptors (Lipinski definition) is 2. The van der Waals surface area contributed by atoms with Crippen molar-refractivity contribution in [3.8, 4) is 0 Å². The van der Waals surface area contributed by atoms with Crippen LogP contribution in [0.4, 0.5) is 0 Å². The molecule has 2 saturated carbocycles. The van der Waals surface area contributed by atoms with E-state index in [1.54, 1.807) is 19.0 Å². The first-order chi connectivity index (χ1) is 9.48. The number of ketones is 1. The van der Waals surface area contributed by atoms with E-state index >= 15 is 0 Å². The summed E-state index contributed by atoms with van der Waals surface area (Å²) in [6.07, 6.45) is 2.29. The molecule has 3 atom stereocenters. The van der Waals surface area contributed by atoms with Gasteiger partial charge in [0.15, 0.2) is 0 Å². The highest BCUT2D eigenvalue weighted by Crippen LogP contribution is 2.66. The van der Waals surface area contributed by atoms with Gasteiger partial charge in [0.1, 0.15) is 5.78 Å². The zero-order valence-electron chi connectivity index (χ0n) is 12.3. The Morgan fingerprint density at radius 3 is 2.70 bits per heavy atom. The highest BCUT2D eigenvalue weighted by molar-refractivity contribution is 5.96. The van der Waals surface area contributed by atoms with Crippen LogP contribution < -0.4 is 0 Å². The summed E-state index contributed by atoms with van der Waals surface area (Å²) in [4.78, 5) is 26.0. The molecule has 1 aromatic rings. The quantitative estimate of drug-likeness (QED) is 0.829. The average molecular weight is 271 g/mol. The zero-order chi connectivity index (χ0) is 14.5. The summed E-state index contributed by atoms with van der Waals surface area (Å²) in [5.74, 6) is 1.45. The van der Waals surface area contributed by atoms with Gasteiger partial charge >= 0.3 is 0 Å². The Morgan fingerprint density at radius 2 is 2.00 bits per heavy atom. The standard InChI is InChI=1S/C17H21NO2/c1-11-14-9-8-12(19)10-17(11,14)15-7-5-4-6-13(15)16(20)18(2)3/h4-7,11,14H,8-10H2,1-3H3. The van der Waals surface area contributed by atoms with Gasteiger partial charge in [0.05, 0.1) is 0 Å². The SMILES string of the molecule is CC1C2CCC(=O)CC12c1ccccc1C(=O)N(C)C. The molecule has 20 heavy (non-hydrogen) atoms. The topological polar surface area (TPSA) is 37.4 Å². The molecule has 2 fully saturated rings. The van der Waals surface area contributed by atoms with E-state index < -0.39 is 0 Å². The number of carbonyl (C=O) groups is 2. The lowest BCUT2D eigenvalue weighted by Gasteiger charge is -2.25. The number of carbonyl (C=O) groups excluding carboxylic acids is 2. The van der Waals surface area contributed by atoms with Gasteiger partial charge in [0, 0.05) is 37.9 Å². The maximum atomic E-state index is 12.4. The molecule has 0 aromatic heterocycles. The Labute approximate surface area is 120 Å². The largest absolute Gasteiger partial charge is 0.345 e. The van der Waals surface area contributed by atoms with Gasteiger partial charge in [0.2, 0.25) is 0 Å². The zero-order valence-corrected chi connectivity index (χ0v) is 12.3. The number of amides is 1. The van der Waals surface area contributed by atoms with Crippen LogP contribution in [-0.2, 0) is 10.2 Å². The van der Waals surface area contributed by atoms with E-state index in [-0.39, 0.29) is 11.3 Å². The molecule has 0 N–H and O–H groups in total. The number of fused-ring (bicyclic) bond motifs is 1. The number of benzene rings is 1. The lowest BCUT2D eigenvalue weighted by Crippen LogP contribution is -2.28. The monoisotopic (exact) mass is 271 g/mol. The van der Waals surface area contributed by atoms with E-state index in [0.717, 1.165) is 17.5 Å². The van der Waals surface area contributed by atoms with Crippen LogP contribution in [0.15, 0.2) is 24.3 Å².